The Labute approximate surface area is 265 Å². The predicted octanol–water partition coefficient (Wildman–Crippen LogP) is 6.26. The van der Waals surface area contributed by atoms with Crippen molar-refractivity contribution in [2.45, 2.75) is 51.4 Å². The molecule has 2 fully saturated rings. The Hall–Kier alpha value is -3.95. The van der Waals surface area contributed by atoms with E-state index in [2.05, 4.69) is 0 Å². The Morgan fingerprint density at radius 1 is 0.556 bits per heavy atom. The van der Waals surface area contributed by atoms with Crippen molar-refractivity contribution >= 4 is 25.5 Å². The van der Waals surface area contributed by atoms with Gasteiger partial charge in [-0.15, -0.1) is 0 Å². The Bertz CT molecular complexity index is 1860. The molecule has 0 saturated heterocycles. The third-order valence-electron chi connectivity index (χ3n) is 9.62. The maximum atomic E-state index is 14.6. The first-order chi connectivity index (χ1) is 21.6. The van der Waals surface area contributed by atoms with Crippen LogP contribution in [0.1, 0.15) is 42.2 Å². The van der Waals surface area contributed by atoms with Crippen molar-refractivity contribution in [3.63, 3.8) is 0 Å². The van der Waals surface area contributed by atoms with E-state index >= 15 is 0 Å². The molecule has 0 heterocycles. The summed E-state index contributed by atoms with van der Waals surface area (Å²) in [5, 5.41) is -1.84. The van der Waals surface area contributed by atoms with Crippen LogP contribution in [0.15, 0.2) is 119 Å². The Morgan fingerprint density at radius 3 is 1.51 bits per heavy atom. The average Bonchev–Trinajstić information content (AvgIpc) is 3.08. The highest BCUT2D eigenvalue weighted by atomic mass is 32.2. The van der Waals surface area contributed by atoms with Crippen LogP contribution in [0.25, 0.3) is 0 Å². The van der Waals surface area contributed by atoms with Crippen molar-refractivity contribution < 1.29 is 31.1 Å². The number of Topliss-reactive ketones (excluding diaryl/α,β-unsaturated/α-hetero) is 1. The fraction of sp³-hybridized carbons (Fsp3) is 0.306. The molecule has 0 N–H and O–H groups in total. The number of hydrogen-bond donors (Lipinski definition) is 0. The van der Waals surface area contributed by atoms with Crippen LogP contribution in [-0.2, 0) is 24.5 Å². The second-order valence-corrected chi connectivity index (χ2v) is 16.2. The zero-order valence-electron chi connectivity index (χ0n) is 25.2. The summed E-state index contributed by atoms with van der Waals surface area (Å²) in [6.07, 6.45) is 0.284. The fourth-order valence-corrected chi connectivity index (χ4v) is 11.8. The monoisotopic (exact) mass is 644 g/mol. The summed E-state index contributed by atoms with van der Waals surface area (Å²) in [6.45, 7) is 0. The first-order valence-electron chi connectivity index (χ1n) is 15.0. The maximum absolute atomic E-state index is 14.6. The molecule has 4 aromatic carbocycles. The standard InChI is InChI=1S/C36H36O7S2/c1-42-26-17-13-24(14-18-26)30-21-33-32(23-35(30)44(38,39)28-9-5-3-6-10-28)34(37)22-31(25-15-19-27(43-2)20-16-25)36(33)45(40,41)29-11-7-4-8-12-29/h3-20,30-33,35-36H,21-23H2,1-2H3/t30-,31-,32+,33-,35?,36?/m0/s1. The number of ketones is 1. The van der Waals surface area contributed by atoms with Crippen molar-refractivity contribution in [1.29, 1.82) is 0 Å². The molecule has 0 spiro atoms. The molecule has 2 aliphatic carbocycles. The van der Waals surface area contributed by atoms with Crippen LogP contribution in [-0.4, -0.2) is 47.3 Å². The van der Waals surface area contributed by atoms with Gasteiger partial charge in [0, 0.05) is 24.2 Å². The molecule has 0 aliphatic heterocycles. The molecule has 7 nitrogen and oxygen atoms in total. The van der Waals surface area contributed by atoms with Gasteiger partial charge in [-0.25, -0.2) is 16.8 Å². The van der Waals surface area contributed by atoms with Gasteiger partial charge >= 0.3 is 0 Å². The third kappa shape index (κ3) is 5.79. The largest absolute Gasteiger partial charge is 0.497 e. The summed E-state index contributed by atoms with van der Waals surface area (Å²) in [6, 6.07) is 31.2. The van der Waals surface area contributed by atoms with Gasteiger partial charge in [0.25, 0.3) is 0 Å². The molecule has 0 bridgehead atoms. The number of ether oxygens (including phenoxy) is 2. The van der Waals surface area contributed by atoms with Gasteiger partial charge < -0.3 is 9.47 Å². The van der Waals surface area contributed by atoms with E-state index in [1.807, 2.05) is 24.3 Å². The smallest absolute Gasteiger partial charge is 0.182 e. The van der Waals surface area contributed by atoms with Gasteiger partial charge in [0.1, 0.15) is 17.3 Å². The number of rotatable bonds is 8. The number of benzene rings is 4. The van der Waals surface area contributed by atoms with Gasteiger partial charge in [0.15, 0.2) is 19.7 Å². The SMILES string of the molecule is COc1ccc([C@@H]2C[C@@H]3C(S(=O)(=O)c4ccccc4)[C@H](c4ccc(OC)cc4)CC(=O)[C@@H]3CC2S(=O)(=O)c2ccccc2)cc1. The Morgan fingerprint density at radius 2 is 1.02 bits per heavy atom. The highest BCUT2D eigenvalue weighted by molar-refractivity contribution is 7.92. The molecule has 2 aliphatic rings. The molecular formula is C36H36O7S2. The van der Waals surface area contributed by atoms with Crippen molar-refractivity contribution in [2.75, 3.05) is 14.2 Å². The quantitative estimate of drug-likeness (QED) is 0.223. The molecule has 9 heteroatoms. The molecule has 0 radical (unpaired) electrons. The lowest BCUT2D eigenvalue weighted by molar-refractivity contribution is -0.128. The van der Waals surface area contributed by atoms with Crippen LogP contribution >= 0.6 is 0 Å². The van der Waals surface area contributed by atoms with Gasteiger partial charge in [-0.3, -0.25) is 4.79 Å². The number of carbonyl (C=O) groups is 1. The minimum Gasteiger partial charge on any atom is -0.497 e. The van der Waals surface area contributed by atoms with Crippen LogP contribution < -0.4 is 9.47 Å². The lowest BCUT2D eigenvalue weighted by Gasteiger charge is -2.48. The van der Waals surface area contributed by atoms with Gasteiger partial charge in [0.05, 0.1) is 34.5 Å². The highest BCUT2D eigenvalue weighted by Crippen LogP contribution is 2.54. The van der Waals surface area contributed by atoms with Crippen LogP contribution in [0.4, 0.5) is 0 Å². The van der Waals surface area contributed by atoms with Crippen LogP contribution in [0.5, 0.6) is 11.5 Å². The molecule has 234 valence electrons. The van der Waals surface area contributed by atoms with Gasteiger partial charge in [-0.05, 0) is 78.4 Å². The first-order valence-corrected chi connectivity index (χ1v) is 18.1. The number of fused-ring (bicyclic) bond motifs is 1. The average molecular weight is 645 g/mol. The van der Waals surface area contributed by atoms with Crippen molar-refractivity contribution in [2.24, 2.45) is 11.8 Å². The van der Waals surface area contributed by atoms with Crippen molar-refractivity contribution in [3.8, 4) is 11.5 Å². The Balaban J connectivity index is 1.50. The second kappa shape index (κ2) is 12.4. The Kier molecular flexibility index (Phi) is 8.59. The minimum atomic E-state index is -3.94. The number of hydrogen-bond acceptors (Lipinski definition) is 7. The normalized spacial score (nSPS) is 25.2. The summed E-state index contributed by atoms with van der Waals surface area (Å²) in [7, 11) is -4.69. The van der Waals surface area contributed by atoms with E-state index < -0.39 is 53.8 Å². The molecule has 0 aromatic heterocycles. The molecule has 6 rings (SSSR count). The summed E-state index contributed by atoms with van der Waals surface area (Å²) in [4.78, 5) is 14.4. The topological polar surface area (TPSA) is 104 Å². The van der Waals surface area contributed by atoms with E-state index in [0.29, 0.717) is 11.5 Å². The molecule has 0 amide bonds. The van der Waals surface area contributed by atoms with Gasteiger partial charge in [-0.2, -0.15) is 0 Å². The molecule has 4 aromatic rings. The van der Waals surface area contributed by atoms with Crippen LogP contribution in [0, 0.1) is 11.8 Å². The molecular weight excluding hydrogens is 609 g/mol. The minimum absolute atomic E-state index is 0.00946. The van der Waals surface area contributed by atoms with Crippen LogP contribution in [0.3, 0.4) is 0 Å². The summed E-state index contributed by atoms with van der Waals surface area (Å²) in [5.41, 5.74) is 1.51. The number of sulfone groups is 2. The second-order valence-electron chi connectivity index (χ2n) is 11.9. The van der Waals surface area contributed by atoms with E-state index in [-0.39, 0.29) is 34.8 Å². The first kappa shape index (κ1) is 31.0. The van der Waals surface area contributed by atoms with Crippen molar-refractivity contribution in [3.05, 3.63) is 120 Å². The van der Waals surface area contributed by atoms with Gasteiger partial charge in [-0.1, -0.05) is 60.7 Å². The summed E-state index contributed by atoms with van der Waals surface area (Å²) < 4.78 is 68.4. The zero-order valence-corrected chi connectivity index (χ0v) is 26.8. The third-order valence-corrected chi connectivity index (χ3v) is 14.2. The molecule has 45 heavy (non-hydrogen) atoms. The summed E-state index contributed by atoms with van der Waals surface area (Å²) >= 11 is 0. The van der Waals surface area contributed by atoms with Gasteiger partial charge in [0.2, 0.25) is 0 Å². The zero-order chi connectivity index (χ0) is 31.8. The van der Waals surface area contributed by atoms with Crippen LogP contribution in [0.2, 0.25) is 0 Å². The molecule has 6 atom stereocenters. The molecule has 2 unspecified atom stereocenters. The van der Waals surface area contributed by atoms with Crippen molar-refractivity contribution in [1.82, 2.24) is 0 Å². The molecule has 2 saturated carbocycles. The van der Waals surface area contributed by atoms with E-state index in [1.165, 1.54) is 0 Å². The van der Waals surface area contributed by atoms with E-state index in [1.54, 1.807) is 99.1 Å². The number of carbonyl (C=O) groups excluding carboxylic acids is 1. The lowest BCUT2D eigenvalue weighted by atomic mass is 9.61. The highest BCUT2D eigenvalue weighted by Gasteiger charge is 2.56. The van der Waals surface area contributed by atoms with E-state index in [4.69, 9.17) is 9.47 Å². The lowest BCUT2D eigenvalue weighted by Crippen LogP contribution is -2.53. The number of methoxy groups -OCH3 is 2. The van der Waals surface area contributed by atoms with E-state index in [0.717, 1.165) is 11.1 Å². The summed E-state index contributed by atoms with van der Waals surface area (Å²) in [5.74, 6) is -1.30. The predicted molar refractivity (Wildman–Crippen MR) is 172 cm³/mol. The van der Waals surface area contributed by atoms with E-state index in [9.17, 15) is 21.6 Å². The fourth-order valence-electron chi connectivity index (χ4n) is 7.42. The maximum Gasteiger partial charge on any atom is 0.182 e.